The highest BCUT2D eigenvalue weighted by atomic mass is 35.5. The second-order valence-corrected chi connectivity index (χ2v) is 5.79. The maximum absolute atomic E-state index is 12.8. The van der Waals surface area contributed by atoms with Crippen LogP contribution in [0.2, 0.25) is 5.02 Å². The molecule has 2 rings (SSSR count). The Morgan fingerprint density at radius 1 is 1.44 bits per heavy atom. The minimum absolute atomic E-state index is 0.0583. The van der Waals surface area contributed by atoms with Gasteiger partial charge in [0.15, 0.2) is 5.69 Å². The zero-order valence-corrected chi connectivity index (χ0v) is 14.9. The SMILES string of the molecule is COc1ccc(NC(=O)CCn2nc(C(F)(F)F)c(Cl)c2C)c([N+](=O)[O-])c1. The van der Waals surface area contributed by atoms with E-state index in [9.17, 15) is 28.1 Å². The molecule has 0 unspecified atom stereocenters. The molecule has 0 aliphatic rings. The Morgan fingerprint density at radius 2 is 2.11 bits per heavy atom. The number of benzene rings is 1. The van der Waals surface area contributed by atoms with Gasteiger partial charge in [-0.25, -0.2) is 0 Å². The number of rotatable bonds is 6. The maximum Gasteiger partial charge on any atom is 0.436 e. The molecule has 0 saturated heterocycles. The van der Waals surface area contributed by atoms with Crippen LogP contribution in [0.5, 0.6) is 5.75 Å². The van der Waals surface area contributed by atoms with Gasteiger partial charge in [-0.1, -0.05) is 11.6 Å². The molecule has 2 aromatic rings. The number of ether oxygens (including phenoxy) is 1. The molecule has 12 heteroatoms. The average molecular weight is 407 g/mol. The number of hydrogen-bond acceptors (Lipinski definition) is 5. The number of nitro benzene ring substituents is 1. The third-order valence-corrected chi connectivity index (χ3v) is 4.08. The van der Waals surface area contributed by atoms with Crippen molar-refractivity contribution in [1.82, 2.24) is 9.78 Å². The number of halogens is 4. The number of carbonyl (C=O) groups is 1. The van der Waals surface area contributed by atoms with Gasteiger partial charge in [-0.2, -0.15) is 18.3 Å². The first-order chi connectivity index (χ1) is 12.5. The van der Waals surface area contributed by atoms with Crippen LogP contribution < -0.4 is 10.1 Å². The molecular weight excluding hydrogens is 393 g/mol. The van der Waals surface area contributed by atoms with Gasteiger partial charge in [0.1, 0.15) is 11.4 Å². The summed E-state index contributed by atoms with van der Waals surface area (Å²) in [4.78, 5) is 22.5. The molecule has 0 aliphatic carbocycles. The van der Waals surface area contributed by atoms with Crippen molar-refractivity contribution in [2.75, 3.05) is 12.4 Å². The number of nitrogens with zero attached hydrogens (tertiary/aromatic N) is 3. The predicted octanol–water partition coefficient (Wildman–Crippen LogP) is 3.81. The van der Waals surface area contributed by atoms with Crippen LogP contribution in [0.25, 0.3) is 0 Å². The van der Waals surface area contributed by atoms with E-state index in [2.05, 4.69) is 10.4 Å². The van der Waals surface area contributed by atoms with E-state index in [1.54, 1.807) is 0 Å². The van der Waals surface area contributed by atoms with Crippen LogP contribution in [0, 0.1) is 17.0 Å². The highest BCUT2D eigenvalue weighted by Crippen LogP contribution is 2.35. The van der Waals surface area contributed by atoms with Crippen molar-refractivity contribution in [2.45, 2.75) is 26.1 Å². The second kappa shape index (κ2) is 7.82. The summed E-state index contributed by atoms with van der Waals surface area (Å²) >= 11 is 5.64. The summed E-state index contributed by atoms with van der Waals surface area (Å²) in [6.45, 7) is 1.16. The molecule has 0 fully saturated rings. The lowest BCUT2D eigenvalue weighted by molar-refractivity contribution is -0.384. The van der Waals surface area contributed by atoms with E-state index in [0.717, 1.165) is 10.7 Å². The number of hydrogen-bond donors (Lipinski definition) is 1. The van der Waals surface area contributed by atoms with Crippen LogP contribution in [-0.4, -0.2) is 27.7 Å². The fourth-order valence-corrected chi connectivity index (χ4v) is 2.48. The van der Waals surface area contributed by atoms with Crippen molar-refractivity contribution in [2.24, 2.45) is 0 Å². The van der Waals surface area contributed by atoms with E-state index in [4.69, 9.17) is 16.3 Å². The van der Waals surface area contributed by atoms with Gasteiger partial charge in [0, 0.05) is 6.42 Å². The van der Waals surface area contributed by atoms with Crippen LogP contribution in [0.3, 0.4) is 0 Å². The monoisotopic (exact) mass is 406 g/mol. The molecule has 8 nitrogen and oxygen atoms in total. The van der Waals surface area contributed by atoms with Crippen LogP contribution in [-0.2, 0) is 17.5 Å². The minimum Gasteiger partial charge on any atom is -0.496 e. The minimum atomic E-state index is -4.71. The van der Waals surface area contributed by atoms with Crippen LogP contribution in [0.15, 0.2) is 18.2 Å². The number of nitro groups is 1. The van der Waals surface area contributed by atoms with Crippen molar-refractivity contribution in [3.63, 3.8) is 0 Å². The standard InChI is InChI=1S/C15H14ClF3N4O4/c1-8-13(16)14(15(17,18)19)21-22(8)6-5-12(24)20-10-4-3-9(27-2)7-11(10)23(25)26/h3-4,7H,5-6H2,1-2H3,(H,20,24). The fourth-order valence-electron chi connectivity index (χ4n) is 2.24. The topological polar surface area (TPSA) is 99.3 Å². The summed E-state index contributed by atoms with van der Waals surface area (Å²) in [5.74, 6) is -0.399. The van der Waals surface area contributed by atoms with Crippen molar-refractivity contribution < 1.29 is 27.6 Å². The molecular formula is C15H14ClF3N4O4. The number of carbonyl (C=O) groups excluding carboxylic acids is 1. The maximum atomic E-state index is 12.8. The van der Waals surface area contributed by atoms with E-state index in [0.29, 0.717) is 0 Å². The molecule has 0 saturated carbocycles. The molecule has 0 atom stereocenters. The van der Waals surface area contributed by atoms with E-state index in [-0.39, 0.29) is 35.8 Å². The molecule has 1 N–H and O–H groups in total. The third-order valence-electron chi connectivity index (χ3n) is 3.63. The van der Waals surface area contributed by atoms with Crippen molar-refractivity contribution in [1.29, 1.82) is 0 Å². The van der Waals surface area contributed by atoms with Gasteiger partial charge in [-0.05, 0) is 19.1 Å². The normalized spacial score (nSPS) is 11.3. The first kappa shape index (κ1) is 20.5. The molecule has 0 spiro atoms. The molecule has 1 heterocycles. The van der Waals surface area contributed by atoms with Crippen LogP contribution in [0.1, 0.15) is 17.8 Å². The molecule has 27 heavy (non-hydrogen) atoms. The Bertz CT molecular complexity index is 883. The summed E-state index contributed by atoms with van der Waals surface area (Å²) in [5, 5.41) is 16.3. The highest BCUT2D eigenvalue weighted by molar-refractivity contribution is 6.31. The summed E-state index contributed by atoms with van der Waals surface area (Å²) in [5.41, 5.74) is -1.60. The van der Waals surface area contributed by atoms with E-state index in [1.165, 1.54) is 26.2 Å². The van der Waals surface area contributed by atoms with Crippen LogP contribution >= 0.6 is 11.6 Å². The molecule has 1 aromatic carbocycles. The number of alkyl halides is 3. The lowest BCUT2D eigenvalue weighted by Gasteiger charge is -2.08. The summed E-state index contributed by atoms with van der Waals surface area (Å²) in [6, 6.07) is 3.87. The number of anilines is 1. The Labute approximate surface area is 156 Å². The fraction of sp³-hybridized carbons (Fsp3) is 0.333. The van der Waals surface area contributed by atoms with Crippen molar-refractivity contribution in [3.05, 3.63) is 44.7 Å². The zero-order chi connectivity index (χ0) is 20.4. The number of aryl methyl sites for hydroxylation is 1. The Balaban J connectivity index is 2.11. The van der Waals surface area contributed by atoms with Gasteiger partial charge in [-0.15, -0.1) is 0 Å². The summed E-state index contributed by atoms with van der Waals surface area (Å²) in [7, 11) is 1.34. The quantitative estimate of drug-likeness (QED) is 0.581. The first-order valence-corrected chi connectivity index (χ1v) is 7.84. The average Bonchev–Trinajstić information content (AvgIpc) is 2.88. The van der Waals surface area contributed by atoms with E-state index < -0.39 is 27.7 Å². The summed E-state index contributed by atoms with van der Waals surface area (Å²) < 4.78 is 44.2. The third kappa shape index (κ3) is 4.67. The highest BCUT2D eigenvalue weighted by Gasteiger charge is 2.38. The van der Waals surface area contributed by atoms with E-state index in [1.807, 2.05) is 0 Å². The second-order valence-electron chi connectivity index (χ2n) is 5.41. The molecule has 0 aliphatic heterocycles. The molecule has 1 amide bonds. The lowest BCUT2D eigenvalue weighted by Crippen LogP contribution is -2.17. The van der Waals surface area contributed by atoms with Crippen molar-refractivity contribution >= 4 is 28.9 Å². The van der Waals surface area contributed by atoms with Gasteiger partial charge in [0.2, 0.25) is 5.91 Å². The Kier molecular flexibility index (Phi) is 5.94. The van der Waals surface area contributed by atoms with Gasteiger partial charge < -0.3 is 10.1 Å². The number of nitrogens with one attached hydrogen (secondary N) is 1. The lowest BCUT2D eigenvalue weighted by atomic mass is 10.2. The van der Waals surface area contributed by atoms with Gasteiger partial charge in [0.05, 0.1) is 35.4 Å². The molecule has 0 radical (unpaired) electrons. The van der Waals surface area contributed by atoms with Gasteiger partial charge >= 0.3 is 6.18 Å². The van der Waals surface area contributed by atoms with Crippen molar-refractivity contribution in [3.8, 4) is 5.75 Å². The van der Waals surface area contributed by atoms with Gasteiger partial charge in [-0.3, -0.25) is 19.6 Å². The predicted molar refractivity (Wildman–Crippen MR) is 89.9 cm³/mol. The molecule has 146 valence electrons. The molecule has 0 bridgehead atoms. The zero-order valence-electron chi connectivity index (χ0n) is 14.1. The Morgan fingerprint density at radius 3 is 2.63 bits per heavy atom. The number of aromatic nitrogens is 2. The van der Waals surface area contributed by atoms with Crippen LogP contribution in [0.4, 0.5) is 24.5 Å². The summed E-state index contributed by atoms with van der Waals surface area (Å²) in [6.07, 6.45) is -4.97. The van der Waals surface area contributed by atoms with Gasteiger partial charge in [0.25, 0.3) is 5.69 Å². The smallest absolute Gasteiger partial charge is 0.436 e. The Hall–Kier alpha value is -2.82. The van der Waals surface area contributed by atoms with E-state index >= 15 is 0 Å². The number of methoxy groups -OCH3 is 1. The molecule has 1 aromatic heterocycles. The first-order valence-electron chi connectivity index (χ1n) is 7.47. The number of amides is 1. The largest absolute Gasteiger partial charge is 0.496 e.